The second kappa shape index (κ2) is 5.26. The molecule has 1 heterocycles. The van der Waals surface area contributed by atoms with Crippen molar-refractivity contribution in [2.24, 2.45) is 0 Å². The maximum absolute atomic E-state index is 12.0. The van der Waals surface area contributed by atoms with Gasteiger partial charge in [0.1, 0.15) is 4.90 Å². The van der Waals surface area contributed by atoms with Crippen LogP contribution in [0.5, 0.6) is 0 Å². The standard InChI is InChI=1S/C13H16N4O2S/c18-20(19,13-8-15-16-9-13)17-12-3-1-10(2-4-12)7-14-11-5-6-11/h1-4,8-9,11,14,17H,5-7H2,(H,15,16). The van der Waals surface area contributed by atoms with E-state index in [-0.39, 0.29) is 4.90 Å². The van der Waals surface area contributed by atoms with Gasteiger partial charge in [0.05, 0.1) is 6.20 Å². The molecule has 0 spiro atoms. The summed E-state index contributed by atoms with van der Waals surface area (Å²) >= 11 is 0. The molecule has 1 aromatic carbocycles. The zero-order valence-electron chi connectivity index (χ0n) is 10.8. The number of aromatic nitrogens is 2. The third kappa shape index (κ3) is 3.17. The number of benzene rings is 1. The van der Waals surface area contributed by atoms with Crippen molar-refractivity contribution in [1.29, 1.82) is 0 Å². The van der Waals surface area contributed by atoms with Crippen LogP contribution < -0.4 is 10.0 Å². The Balaban J connectivity index is 1.65. The van der Waals surface area contributed by atoms with Gasteiger partial charge in [-0.05, 0) is 30.5 Å². The van der Waals surface area contributed by atoms with E-state index in [9.17, 15) is 8.42 Å². The monoisotopic (exact) mass is 292 g/mol. The van der Waals surface area contributed by atoms with Crippen molar-refractivity contribution >= 4 is 15.7 Å². The molecule has 0 radical (unpaired) electrons. The van der Waals surface area contributed by atoms with Gasteiger partial charge in [-0.2, -0.15) is 5.10 Å². The smallest absolute Gasteiger partial charge is 0.265 e. The Morgan fingerprint density at radius 3 is 2.60 bits per heavy atom. The molecule has 106 valence electrons. The number of hydrogen-bond donors (Lipinski definition) is 3. The topological polar surface area (TPSA) is 86.9 Å². The van der Waals surface area contributed by atoms with E-state index in [4.69, 9.17) is 0 Å². The second-order valence-electron chi connectivity index (χ2n) is 4.89. The van der Waals surface area contributed by atoms with Gasteiger partial charge in [0.25, 0.3) is 10.0 Å². The Morgan fingerprint density at radius 2 is 2.00 bits per heavy atom. The van der Waals surface area contributed by atoms with E-state index in [1.54, 1.807) is 12.1 Å². The van der Waals surface area contributed by atoms with Crippen LogP contribution in [-0.2, 0) is 16.6 Å². The predicted molar refractivity (Wildman–Crippen MR) is 75.7 cm³/mol. The largest absolute Gasteiger partial charge is 0.310 e. The third-order valence-electron chi connectivity index (χ3n) is 3.16. The molecule has 3 N–H and O–H groups in total. The van der Waals surface area contributed by atoms with Crippen LogP contribution in [0.4, 0.5) is 5.69 Å². The zero-order chi connectivity index (χ0) is 14.0. The lowest BCUT2D eigenvalue weighted by Crippen LogP contribution is -2.15. The number of nitrogens with zero attached hydrogens (tertiary/aromatic N) is 1. The van der Waals surface area contributed by atoms with Crippen molar-refractivity contribution in [3.05, 3.63) is 42.2 Å². The van der Waals surface area contributed by atoms with Crippen LogP contribution in [0.15, 0.2) is 41.6 Å². The zero-order valence-corrected chi connectivity index (χ0v) is 11.7. The normalized spacial score (nSPS) is 15.2. The molecule has 1 aliphatic rings. The molecule has 0 aliphatic heterocycles. The first-order chi connectivity index (χ1) is 9.63. The van der Waals surface area contributed by atoms with Crippen LogP contribution in [0.25, 0.3) is 0 Å². The molecule has 0 bridgehead atoms. The Kier molecular flexibility index (Phi) is 3.45. The minimum atomic E-state index is -3.56. The van der Waals surface area contributed by atoms with Crippen LogP contribution >= 0.6 is 0 Å². The average molecular weight is 292 g/mol. The van der Waals surface area contributed by atoms with Crippen LogP contribution in [0, 0.1) is 0 Å². The second-order valence-corrected chi connectivity index (χ2v) is 6.57. The Bertz CT molecular complexity index is 661. The predicted octanol–water partition coefficient (Wildman–Crippen LogP) is 1.46. The number of hydrogen-bond acceptors (Lipinski definition) is 4. The maximum atomic E-state index is 12.0. The van der Waals surface area contributed by atoms with Crippen LogP contribution in [0.1, 0.15) is 18.4 Å². The van der Waals surface area contributed by atoms with Gasteiger partial charge in [-0.1, -0.05) is 12.1 Å². The number of sulfonamides is 1. The Hall–Kier alpha value is -1.86. The van der Waals surface area contributed by atoms with Gasteiger partial charge < -0.3 is 5.32 Å². The summed E-state index contributed by atoms with van der Waals surface area (Å²) in [6.07, 6.45) is 5.12. The van der Waals surface area contributed by atoms with Crippen LogP contribution in [0.3, 0.4) is 0 Å². The Labute approximate surface area is 117 Å². The average Bonchev–Trinajstić information content (AvgIpc) is 3.08. The first-order valence-electron chi connectivity index (χ1n) is 6.47. The van der Waals surface area contributed by atoms with Crippen molar-refractivity contribution in [2.45, 2.75) is 30.3 Å². The lowest BCUT2D eigenvalue weighted by atomic mass is 10.2. The molecule has 0 saturated heterocycles. The fraction of sp³-hybridized carbons (Fsp3) is 0.308. The lowest BCUT2D eigenvalue weighted by Gasteiger charge is -2.07. The molecular weight excluding hydrogens is 276 g/mol. The summed E-state index contributed by atoms with van der Waals surface area (Å²) in [7, 11) is -3.56. The van der Waals surface area contributed by atoms with Gasteiger partial charge in [-0.25, -0.2) is 8.42 Å². The molecule has 7 heteroatoms. The summed E-state index contributed by atoms with van der Waals surface area (Å²) in [6.45, 7) is 0.819. The molecule has 0 amide bonds. The lowest BCUT2D eigenvalue weighted by molar-refractivity contribution is 0.601. The van der Waals surface area contributed by atoms with Gasteiger partial charge in [0, 0.05) is 24.5 Å². The number of nitrogens with one attached hydrogen (secondary N) is 3. The van der Waals surface area contributed by atoms with E-state index in [0.29, 0.717) is 11.7 Å². The summed E-state index contributed by atoms with van der Waals surface area (Å²) in [5, 5.41) is 9.54. The van der Waals surface area contributed by atoms with Crippen LogP contribution in [-0.4, -0.2) is 24.7 Å². The minimum Gasteiger partial charge on any atom is -0.310 e. The summed E-state index contributed by atoms with van der Waals surface area (Å²) < 4.78 is 26.5. The Morgan fingerprint density at radius 1 is 1.25 bits per heavy atom. The molecule has 0 unspecified atom stereocenters. The van der Waals surface area contributed by atoms with Gasteiger partial charge >= 0.3 is 0 Å². The van der Waals surface area contributed by atoms with E-state index in [0.717, 1.165) is 12.1 Å². The van der Waals surface area contributed by atoms with Gasteiger partial charge in [-0.3, -0.25) is 9.82 Å². The van der Waals surface area contributed by atoms with Crippen molar-refractivity contribution < 1.29 is 8.42 Å². The van der Waals surface area contributed by atoms with E-state index in [1.807, 2.05) is 12.1 Å². The molecule has 1 saturated carbocycles. The van der Waals surface area contributed by atoms with Gasteiger partial charge in [-0.15, -0.1) is 0 Å². The molecular formula is C13H16N4O2S. The fourth-order valence-electron chi connectivity index (χ4n) is 1.84. The highest BCUT2D eigenvalue weighted by Gasteiger charge is 2.20. The van der Waals surface area contributed by atoms with E-state index >= 15 is 0 Å². The molecule has 3 rings (SSSR count). The number of rotatable bonds is 6. The highest BCUT2D eigenvalue weighted by molar-refractivity contribution is 7.92. The number of aromatic amines is 1. The molecule has 1 aliphatic carbocycles. The quantitative estimate of drug-likeness (QED) is 0.752. The van der Waals surface area contributed by atoms with Crippen molar-refractivity contribution in [3.63, 3.8) is 0 Å². The molecule has 6 nitrogen and oxygen atoms in total. The summed E-state index contributed by atoms with van der Waals surface area (Å²) in [5.74, 6) is 0. The highest BCUT2D eigenvalue weighted by atomic mass is 32.2. The van der Waals surface area contributed by atoms with E-state index < -0.39 is 10.0 Å². The number of H-pyrrole nitrogens is 1. The summed E-state index contributed by atoms with van der Waals surface area (Å²) in [4.78, 5) is 0.122. The SMILES string of the molecule is O=S(=O)(Nc1ccc(CNC2CC2)cc1)c1cn[nH]c1. The van der Waals surface area contributed by atoms with Gasteiger partial charge in [0.15, 0.2) is 0 Å². The molecule has 2 aromatic rings. The first-order valence-corrected chi connectivity index (χ1v) is 7.96. The van der Waals surface area contributed by atoms with Crippen LogP contribution in [0.2, 0.25) is 0 Å². The minimum absolute atomic E-state index is 0.122. The molecule has 20 heavy (non-hydrogen) atoms. The molecule has 1 aromatic heterocycles. The van der Waals surface area contributed by atoms with Crippen molar-refractivity contribution in [3.8, 4) is 0 Å². The molecule has 1 fully saturated rings. The van der Waals surface area contributed by atoms with Gasteiger partial charge in [0.2, 0.25) is 0 Å². The third-order valence-corrected chi connectivity index (χ3v) is 4.51. The summed E-state index contributed by atoms with van der Waals surface area (Å²) in [6, 6.07) is 8.03. The van der Waals surface area contributed by atoms with E-state index in [1.165, 1.54) is 25.2 Å². The van der Waals surface area contributed by atoms with Crippen molar-refractivity contribution in [2.75, 3.05) is 4.72 Å². The van der Waals surface area contributed by atoms with Crippen molar-refractivity contribution in [1.82, 2.24) is 15.5 Å². The highest BCUT2D eigenvalue weighted by Crippen LogP contribution is 2.20. The maximum Gasteiger partial charge on any atom is 0.265 e. The summed E-state index contributed by atoms with van der Waals surface area (Å²) in [5.41, 5.74) is 1.68. The molecule has 0 atom stereocenters. The fourth-order valence-corrected chi connectivity index (χ4v) is 2.80. The van der Waals surface area contributed by atoms with E-state index in [2.05, 4.69) is 20.2 Å². The first kappa shape index (κ1) is 13.1. The number of anilines is 1.